The summed E-state index contributed by atoms with van der Waals surface area (Å²) in [5.74, 6) is 0.545. The fraction of sp³-hybridized carbons (Fsp3) is 0.923. The van der Waals surface area contributed by atoms with Crippen LogP contribution in [0.5, 0.6) is 0 Å². The van der Waals surface area contributed by atoms with Crippen molar-refractivity contribution in [2.45, 2.75) is 64.8 Å². The quantitative estimate of drug-likeness (QED) is 0.743. The van der Waals surface area contributed by atoms with Gasteiger partial charge in [0.05, 0.1) is 0 Å². The van der Waals surface area contributed by atoms with Crippen molar-refractivity contribution in [1.82, 2.24) is 5.32 Å². The zero-order valence-electron chi connectivity index (χ0n) is 10.8. The van der Waals surface area contributed by atoms with Gasteiger partial charge in [-0.15, -0.1) is 11.6 Å². The zero-order chi connectivity index (χ0) is 12.3. The van der Waals surface area contributed by atoms with Crippen molar-refractivity contribution in [2.75, 3.05) is 0 Å². The maximum atomic E-state index is 11.6. The van der Waals surface area contributed by atoms with Crippen LogP contribution in [0.25, 0.3) is 0 Å². The molecule has 1 rings (SSSR count). The number of halogens is 1. The summed E-state index contributed by atoms with van der Waals surface area (Å²) >= 11 is 5.80. The van der Waals surface area contributed by atoms with Crippen molar-refractivity contribution in [1.29, 1.82) is 0 Å². The van der Waals surface area contributed by atoms with E-state index in [-0.39, 0.29) is 11.3 Å². The van der Waals surface area contributed by atoms with E-state index >= 15 is 0 Å². The van der Waals surface area contributed by atoms with Crippen LogP contribution in [-0.2, 0) is 4.79 Å². The summed E-state index contributed by atoms with van der Waals surface area (Å²) in [7, 11) is 0. The lowest BCUT2D eigenvalue weighted by Crippen LogP contribution is -2.48. The van der Waals surface area contributed by atoms with Crippen LogP contribution < -0.4 is 5.32 Å². The second-order valence-corrected chi connectivity index (χ2v) is 6.64. The SMILES string of the molecule is CC(Cl)C(=O)NC1CCCCC1C(C)(C)C. The van der Waals surface area contributed by atoms with Crippen LogP contribution in [0.15, 0.2) is 0 Å². The third-order valence-electron chi connectivity index (χ3n) is 3.57. The number of carbonyl (C=O) groups is 1. The molecule has 0 aromatic rings. The van der Waals surface area contributed by atoms with Crippen LogP contribution in [0, 0.1) is 11.3 Å². The standard InChI is InChI=1S/C13H24ClNO/c1-9(14)12(16)15-11-8-6-5-7-10(11)13(2,3)4/h9-11H,5-8H2,1-4H3,(H,15,16). The van der Waals surface area contributed by atoms with E-state index in [0.717, 1.165) is 6.42 Å². The first-order chi connectivity index (χ1) is 7.32. The van der Waals surface area contributed by atoms with Crippen molar-refractivity contribution in [3.8, 4) is 0 Å². The smallest absolute Gasteiger partial charge is 0.237 e. The first kappa shape index (κ1) is 13.8. The molecule has 0 aromatic heterocycles. The Labute approximate surface area is 104 Å². The topological polar surface area (TPSA) is 29.1 Å². The highest BCUT2D eigenvalue weighted by Gasteiger charge is 2.35. The molecular weight excluding hydrogens is 222 g/mol. The van der Waals surface area contributed by atoms with Crippen molar-refractivity contribution in [2.24, 2.45) is 11.3 Å². The first-order valence-electron chi connectivity index (χ1n) is 6.27. The van der Waals surface area contributed by atoms with Crippen molar-refractivity contribution >= 4 is 17.5 Å². The first-order valence-corrected chi connectivity index (χ1v) is 6.70. The molecule has 0 spiro atoms. The summed E-state index contributed by atoms with van der Waals surface area (Å²) in [6, 6.07) is 0.308. The summed E-state index contributed by atoms with van der Waals surface area (Å²) in [5, 5.41) is 2.68. The molecular formula is C13H24ClNO. The number of nitrogens with one attached hydrogen (secondary N) is 1. The van der Waals surface area contributed by atoms with Crippen molar-refractivity contribution in [3.05, 3.63) is 0 Å². The molecule has 1 fully saturated rings. The number of amides is 1. The van der Waals surface area contributed by atoms with Crippen LogP contribution in [-0.4, -0.2) is 17.3 Å². The van der Waals surface area contributed by atoms with E-state index in [1.54, 1.807) is 6.92 Å². The van der Waals surface area contributed by atoms with Crippen LogP contribution in [0.3, 0.4) is 0 Å². The maximum absolute atomic E-state index is 11.6. The average Bonchev–Trinajstić information content (AvgIpc) is 2.16. The van der Waals surface area contributed by atoms with Gasteiger partial charge >= 0.3 is 0 Å². The molecule has 0 aliphatic heterocycles. The monoisotopic (exact) mass is 245 g/mol. The Kier molecular flexibility index (Phi) is 4.66. The summed E-state index contributed by atoms with van der Waals surface area (Å²) in [6.45, 7) is 8.50. The lowest BCUT2D eigenvalue weighted by atomic mass is 9.69. The fourth-order valence-electron chi connectivity index (χ4n) is 2.64. The van der Waals surface area contributed by atoms with E-state index in [0.29, 0.717) is 12.0 Å². The van der Waals surface area contributed by atoms with E-state index in [1.807, 2.05) is 0 Å². The van der Waals surface area contributed by atoms with E-state index < -0.39 is 5.38 Å². The Morgan fingerprint density at radius 2 is 1.88 bits per heavy atom. The molecule has 2 nitrogen and oxygen atoms in total. The number of alkyl halides is 1. The summed E-state index contributed by atoms with van der Waals surface area (Å²) < 4.78 is 0. The zero-order valence-corrected chi connectivity index (χ0v) is 11.6. The molecule has 16 heavy (non-hydrogen) atoms. The highest BCUT2D eigenvalue weighted by atomic mass is 35.5. The Bertz CT molecular complexity index is 245. The third-order valence-corrected chi connectivity index (χ3v) is 3.77. The van der Waals surface area contributed by atoms with Gasteiger partial charge in [-0.3, -0.25) is 4.79 Å². The van der Waals surface area contributed by atoms with Crippen molar-refractivity contribution < 1.29 is 4.79 Å². The van der Waals surface area contributed by atoms with E-state index in [9.17, 15) is 4.79 Å². The number of hydrogen-bond donors (Lipinski definition) is 1. The molecule has 94 valence electrons. The minimum atomic E-state index is -0.428. The van der Waals surface area contributed by atoms with Gasteiger partial charge in [-0.2, -0.15) is 0 Å². The maximum Gasteiger partial charge on any atom is 0.237 e. The molecule has 0 heterocycles. The lowest BCUT2D eigenvalue weighted by molar-refractivity contribution is -0.122. The Morgan fingerprint density at radius 1 is 1.31 bits per heavy atom. The van der Waals surface area contributed by atoms with Crippen molar-refractivity contribution in [3.63, 3.8) is 0 Å². The summed E-state index contributed by atoms with van der Waals surface area (Å²) in [4.78, 5) is 11.6. The molecule has 0 radical (unpaired) electrons. The number of rotatable bonds is 2. The summed E-state index contributed by atoms with van der Waals surface area (Å²) in [6.07, 6.45) is 4.81. The number of carbonyl (C=O) groups excluding carboxylic acids is 1. The molecule has 0 saturated heterocycles. The molecule has 1 aliphatic carbocycles. The van der Waals surface area contributed by atoms with Gasteiger partial charge in [0, 0.05) is 6.04 Å². The molecule has 0 aromatic carbocycles. The molecule has 1 N–H and O–H groups in total. The Hall–Kier alpha value is -0.240. The highest BCUT2D eigenvalue weighted by Crippen LogP contribution is 2.38. The molecule has 3 atom stereocenters. The predicted octanol–water partition coefficient (Wildman–Crippen LogP) is 3.33. The predicted molar refractivity (Wildman–Crippen MR) is 68.7 cm³/mol. The van der Waals surface area contributed by atoms with Gasteiger partial charge in [-0.1, -0.05) is 33.6 Å². The van der Waals surface area contributed by atoms with Crippen LogP contribution >= 0.6 is 11.6 Å². The number of hydrogen-bond acceptors (Lipinski definition) is 1. The second-order valence-electron chi connectivity index (χ2n) is 5.99. The van der Waals surface area contributed by atoms with Gasteiger partial charge in [-0.05, 0) is 31.1 Å². The fourth-order valence-corrected chi connectivity index (χ4v) is 2.70. The van der Waals surface area contributed by atoms with E-state index in [4.69, 9.17) is 11.6 Å². The summed E-state index contributed by atoms with van der Waals surface area (Å²) in [5.41, 5.74) is 0.258. The Morgan fingerprint density at radius 3 is 2.38 bits per heavy atom. The van der Waals surface area contributed by atoms with Gasteiger partial charge in [0.2, 0.25) is 5.91 Å². The molecule has 1 saturated carbocycles. The van der Waals surface area contributed by atoms with Gasteiger partial charge in [0.1, 0.15) is 5.38 Å². The normalized spacial score (nSPS) is 28.6. The average molecular weight is 246 g/mol. The second kappa shape index (κ2) is 5.39. The third kappa shape index (κ3) is 3.65. The van der Waals surface area contributed by atoms with Gasteiger partial charge in [0.15, 0.2) is 0 Å². The minimum absolute atomic E-state index is 0.0252. The van der Waals surface area contributed by atoms with Gasteiger partial charge in [-0.25, -0.2) is 0 Å². The molecule has 1 aliphatic rings. The molecule has 0 bridgehead atoms. The van der Waals surface area contributed by atoms with E-state index in [2.05, 4.69) is 26.1 Å². The molecule has 3 heteroatoms. The van der Waals surface area contributed by atoms with E-state index in [1.165, 1.54) is 19.3 Å². The Balaban J connectivity index is 2.64. The van der Waals surface area contributed by atoms with Crippen LogP contribution in [0.1, 0.15) is 53.4 Å². The highest BCUT2D eigenvalue weighted by molar-refractivity contribution is 6.30. The largest absolute Gasteiger partial charge is 0.352 e. The van der Waals surface area contributed by atoms with Gasteiger partial charge < -0.3 is 5.32 Å². The minimum Gasteiger partial charge on any atom is -0.352 e. The van der Waals surface area contributed by atoms with Crippen LogP contribution in [0.4, 0.5) is 0 Å². The van der Waals surface area contributed by atoms with Crippen LogP contribution in [0.2, 0.25) is 0 Å². The molecule has 3 unspecified atom stereocenters. The lowest BCUT2D eigenvalue weighted by Gasteiger charge is -2.41. The van der Waals surface area contributed by atoms with Gasteiger partial charge in [0.25, 0.3) is 0 Å². The molecule has 1 amide bonds.